The fraction of sp³-hybridized carbons (Fsp3) is 0.154. The number of nitrogens with zero attached hydrogens (tertiary/aromatic N) is 3. The van der Waals surface area contributed by atoms with E-state index in [1.807, 2.05) is 6.07 Å². The number of fused-ring (bicyclic) bond motifs is 1. The van der Waals surface area contributed by atoms with Crippen LogP contribution in [0.25, 0.3) is 5.65 Å². The van der Waals surface area contributed by atoms with E-state index >= 15 is 0 Å². The highest BCUT2D eigenvalue weighted by Crippen LogP contribution is 2.26. The molecule has 0 radical (unpaired) electrons. The first-order chi connectivity index (χ1) is 16.8. The van der Waals surface area contributed by atoms with Crippen LogP contribution >= 0.6 is 0 Å². The molecule has 2 amide bonds. The van der Waals surface area contributed by atoms with E-state index in [4.69, 9.17) is 4.74 Å². The minimum absolute atomic E-state index is 0.233. The molecule has 2 heterocycles. The standard InChI is InChI=1S/C26H22FN5O3/c1-26(2,16-28)18-6-3-5-17(11-18)25(34)29-19-7-4-8-20(12-19)35-21-9-10-23-30-22(15-32(23)14-21)31-24(33)13-27/h3-12,14-15H,13H2,1-2H3,(H,29,34)(H,31,33). The summed E-state index contributed by atoms with van der Waals surface area (Å²) in [5.41, 5.74) is 1.58. The van der Waals surface area contributed by atoms with E-state index in [1.165, 1.54) is 0 Å². The number of rotatable bonds is 7. The third-order valence-corrected chi connectivity index (χ3v) is 5.27. The number of hydrogen-bond donors (Lipinski definition) is 2. The molecule has 0 aliphatic heterocycles. The molecule has 4 aromatic rings. The summed E-state index contributed by atoms with van der Waals surface area (Å²) in [7, 11) is 0. The molecule has 2 aromatic heterocycles. The number of hydrogen-bond acceptors (Lipinski definition) is 5. The quantitative estimate of drug-likeness (QED) is 0.390. The van der Waals surface area contributed by atoms with E-state index in [1.54, 1.807) is 85.2 Å². The fourth-order valence-corrected chi connectivity index (χ4v) is 3.36. The molecule has 0 spiro atoms. The molecule has 35 heavy (non-hydrogen) atoms. The summed E-state index contributed by atoms with van der Waals surface area (Å²) in [5, 5.41) is 14.6. The molecule has 0 aliphatic carbocycles. The molecule has 0 aliphatic rings. The van der Waals surface area contributed by atoms with E-state index < -0.39 is 18.0 Å². The fourth-order valence-electron chi connectivity index (χ4n) is 3.36. The van der Waals surface area contributed by atoms with Gasteiger partial charge >= 0.3 is 0 Å². The summed E-state index contributed by atoms with van der Waals surface area (Å²) in [6.45, 7) is 2.47. The Balaban J connectivity index is 1.48. The first kappa shape index (κ1) is 23.4. The zero-order valence-electron chi connectivity index (χ0n) is 19.1. The van der Waals surface area contributed by atoms with Gasteiger partial charge < -0.3 is 19.8 Å². The number of anilines is 2. The Morgan fingerprint density at radius 2 is 1.86 bits per heavy atom. The van der Waals surface area contributed by atoms with Crippen molar-refractivity contribution in [1.82, 2.24) is 9.38 Å². The van der Waals surface area contributed by atoms with Gasteiger partial charge in [-0.2, -0.15) is 5.26 Å². The molecule has 8 nitrogen and oxygen atoms in total. The van der Waals surface area contributed by atoms with Crippen molar-refractivity contribution in [2.24, 2.45) is 0 Å². The number of carbonyl (C=O) groups excluding carboxylic acids is 2. The summed E-state index contributed by atoms with van der Waals surface area (Å²) in [6, 6.07) is 19.5. The first-order valence-corrected chi connectivity index (χ1v) is 10.7. The molecule has 0 saturated carbocycles. The average Bonchev–Trinajstić information content (AvgIpc) is 3.25. The molecule has 0 fully saturated rings. The van der Waals surface area contributed by atoms with Gasteiger partial charge in [0.15, 0.2) is 12.5 Å². The number of benzene rings is 2. The molecule has 0 atom stereocenters. The number of pyridine rings is 1. The third-order valence-electron chi connectivity index (χ3n) is 5.27. The number of ether oxygens (including phenoxy) is 1. The van der Waals surface area contributed by atoms with Crippen LogP contribution in [0.1, 0.15) is 29.8 Å². The maximum absolute atomic E-state index is 12.8. The molecule has 9 heteroatoms. The van der Waals surface area contributed by atoms with Gasteiger partial charge in [0.2, 0.25) is 0 Å². The van der Waals surface area contributed by atoms with Gasteiger partial charge in [0.05, 0.1) is 23.9 Å². The van der Waals surface area contributed by atoms with Crippen LogP contribution in [-0.2, 0) is 10.2 Å². The highest BCUT2D eigenvalue weighted by molar-refractivity contribution is 6.04. The Bertz CT molecular complexity index is 1450. The minimum Gasteiger partial charge on any atom is -0.456 e. The van der Waals surface area contributed by atoms with E-state index in [2.05, 4.69) is 21.7 Å². The van der Waals surface area contributed by atoms with Gasteiger partial charge in [-0.3, -0.25) is 9.59 Å². The summed E-state index contributed by atoms with van der Waals surface area (Å²) in [4.78, 5) is 28.2. The molecule has 0 unspecified atom stereocenters. The van der Waals surface area contributed by atoms with E-state index in [-0.39, 0.29) is 11.7 Å². The highest BCUT2D eigenvalue weighted by atomic mass is 19.1. The number of carbonyl (C=O) groups is 2. The topological polar surface area (TPSA) is 109 Å². The summed E-state index contributed by atoms with van der Waals surface area (Å²) < 4.78 is 20.0. The number of aromatic nitrogens is 2. The van der Waals surface area contributed by atoms with Gasteiger partial charge in [-0.1, -0.05) is 18.2 Å². The number of imidazole rings is 1. The lowest BCUT2D eigenvalue weighted by Crippen LogP contribution is -2.17. The lowest BCUT2D eigenvalue weighted by molar-refractivity contribution is -0.117. The predicted octanol–water partition coefficient (Wildman–Crippen LogP) is 5.09. The second-order valence-electron chi connectivity index (χ2n) is 8.34. The monoisotopic (exact) mass is 471 g/mol. The lowest BCUT2D eigenvalue weighted by Gasteiger charge is -2.16. The maximum atomic E-state index is 12.8. The van der Waals surface area contributed by atoms with Crippen LogP contribution in [0.15, 0.2) is 73.1 Å². The molecule has 0 bridgehead atoms. The van der Waals surface area contributed by atoms with Crippen molar-refractivity contribution in [2.45, 2.75) is 19.3 Å². The summed E-state index contributed by atoms with van der Waals surface area (Å²) in [5.74, 6) is 0.141. The second kappa shape index (κ2) is 9.65. The minimum atomic E-state index is -1.13. The van der Waals surface area contributed by atoms with Gasteiger partial charge in [0.1, 0.15) is 17.1 Å². The van der Waals surface area contributed by atoms with Crippen LogP contribution in [0.2, 0.25) is 0 Å². The highest BCUT2D eigenvalue weighted by Gasteiger charge is 2.21. The summed E-state index contributed by atoms with van der Waals surface area (Å²) >= 11 is 0. The summed E-state index contributed by atoms with van der Waals surface area (Å²) in [6.07, 6.45) is 3.22. The number of alkyl halides is 1. The van der Waals surface area contributed by atoms with Gasteiger partial charge in [0, 0.05) is 17.3 Å². The van der Waals surface area contributed by atoms with Crippen LogP contribution in [0.5, 0.6) is 11.5 Å². The van der Waals surface area contributed by atoms with Crippen LogP contribution in [-0.4, -0.2) is 27.9 Å². The van der Waals surface area contributed by atoms with E-state index in [0.29, 0.717) is 28.4 Å². The number of nitrogens with one attached hydrogen (secondary N) is 2. The molecule has 2 N–H and O–H groups in total. The van der Waals surface area contributed by atoms with Crippen molar-refractivity contribution in [1.29, 1.82) is 5.26 Å². The van der Waals surface area contributed by atoms with Gasteiger partial charge in [-0.15, -0.1) is 0 Å². The van der Waals surface area contributed by atoms with Crippen LogP contribution in [0.3, 0.4) is 0 Å². The Morgan fingerprint density at radius 1 is 1.06 bits per heavy atom. The van der Waals surface area contributed by atoms with Crippen LogP contribution in [0.4, 0.5) is 15.9 Å². The van der Waals surface area contributed by atoms with E-state index in [9.17, 15) is 19.2 Å². The Labute approximate surface area is 201 Å². The van der Waals surface area contributed by atoms with Gasteiger partial charge in [-0.25, -0.2) is 9.37 Å². The van der Waals surface area contributed by atoms with Crippen LogP contribution in [0, 0.1) is 11.3 Å². The van der Waals surface area contributed by atoms with E-state index in [0.717, 1.165) is 5.56 Å². The number of halogens is 1. The smallest absolute Gasteiger partial charge is 0.256 e. The Kier molecular flexibility index (Phi) is 6.46. The molecule has 176 valence electrons. The second-order valence-corrected chi connectivity index (χ2v) is 8.34. The maximum Gasteiger partial charge on any atom is 0.256 e. The zero-order chi connectivity index (χ0) is 25.0. The average molecular weight is 471 g/mol. The molecular formula is C26H22FN5O3. The van der Waals surface area contributed by atoms with Gasteiger partial charge in [-0.05, 0) is 55.8 Å². The normalized spacial score (nSPS) is 11.0. The van der Waals surface area contributed by atoms with Crippen LogP contribution < -0.4 is 15.4 Å². The number of nitriles is 1. The zero-order valence-corrected chi connectivity index (χ0v) is 19.1. The van der Waals surface area contributed by atoms with Crippen molar-refractivity contribution in [3.05, 3.63) is 84.2 Å². The molecule has 2 aromatic carbocycles. The Hall–Kier alpha value is -4.71. The molecular weight excluding hydrogens is 449 g/mol. The SMILES string of the molecule is CC(C)(C#N)c1cccc(C(=O)Nc2cccc(Oc3ccc4nc(NC(=O)CF)cn4c3)c2)c1. The van der Waals surface area contributed by atoms with Crippen molar-refractivity contribution in [2.75, 3.05) is 17.3 Å². The van der Waals surface area contributed by atoms with Crippen molar-refractivity contribution in [3.8, 4) is 17.6 Å². The first-order valence-electron chi connectivity index (χ1n) is 10.7. The Morgan fingerprint density at radius 3 is 2.63 bits per heavy atom. The van der Waals surface area contributed by atoms with Gasteiger partial charge in [0.25, 0.3) is 11.8 Å². The molecule has 0 saturated heterocycles. The van der Waals surface area contributed by atoms with Crippen molar-refractivity contribution in [3.63, 3.8) is 0 Å². The van der Waals surface area contributed by atoms with Crippen molar-refractivity contribution < 1.29 is 18.7 Å². The predicted molar refractivity (Wildman–Crippen MR) is 129 cm³/mol. The van der Waals surface area contributed by atoms with Crippen molar-refractivity contribution >= 4 is 29.0 Å². The lowest BCUT2D eigenvalue weighted by atomic mass is 9.85. The third kappa shape index (κ3) is 5.45. The molecule has 4 rings (SSSR count). The number of amides is 2. The largest absolute Gasteiger partial charge is 0.456 e.